The lowest BCUT2D eigenvalue weighted by Gasteiger charge is -2.36. The van der Waals surface area contributed by atoms with Gasteiger partial charge in [0, 0.05) is 25.2 Å². The molecule has 19 heavy (non-hydrogen) atoms. The fourth-order valence-corrected chi connectivity index (χ4v) is 3.29. The van der Waals surface area contributed by atoms with Crippen LogP contribution in [0.5, 0.6) is 0 Å². The minimum atomic E-state index is 0.666. The fourth-order valence-electron chi connectivity index (χ4n) is 3.29. The molecule has 3 atom stereocenters. The van der Waals surface area contributed by atoms with Gasteiger partial charge in [0.15, 0.2) is 0 Å². The largest absolute Gasteiger partial charge is 0.313 e. The van der Waals surface area contributed by atoms with E-state index in [-0.39, 0.29) is 0 Å². The summed E-state index contributed by atoms with van der Waals surface area (Å²) in [5, 5.41) is 3.68. The van der Waals surface area contributed by atoms with Crippen molar-refractivity contribution in [2.24, 2.45) is 11.8 Å². The van der Waals surface area contributed by atoms with Crippen molar-refractivity contribution in [2.45, 2.75) is 78.3 Å². The van der Waals surface area contributed by atoms with Crippen LogP contribution in [0.15, 0.2) is 0 Å². The first-order valence-corrected chi connectivity index (χ1v) is 8.44. The van der Waals surface area contributed by atoms with Crippen LogP contribution in [0.4, 0.5) is 0 Å². The maximum absolute atomic E-state index is 3.68. The van der Waals surface area contributed by atoms with Crippen LogP contribution in [-0.4, -0.2) is 37.1 Å². The number of nitrogens with zero attached hydrogens (tertiary/aromatic N) is 1. The molecule has 0 spiro atoms. The summed E-state index contributed by atoms with van der Waals surface area (Å²) in [7, 11) is 2.31. The highest BCUT2D eigenvalue weighted by Crippen LogP contribution is 2.26. The van der Waals surface area contributed by atoms with Crippen molar-refractivity contribution in [3.63, 3.8) is 0 Å². The van der Waals surface area contributed by atoms with E-state index < -0.39 is 0 Å². The molecule has 3 unspecified atom stereocenters. The van der Waals surface area contributed by atoms with Gasteiger partial charge in [0.05, 0.1) is 0 Å². The van der Waals surface area contributed by atoms with Crippen molar-refractivity contribution in [2.75, 3.05) is 20.1 Å². The van der Waals surface area contributed by atoms with Crippen LogP contribution >= 0.6 is 0 Å². The van der Waals surface area contributed by atoms with Crippen LogP contribution in [0.3, 0.4) is 0 Å². The van der Waals surface area contributed by atoms with E-state index in [1.807, 2.05) is 0 Å². The molecule has 1 rings (SSSR count). The minimum Gasteiger partial charge on any atom is -0.313 e. The Balaban J connectivity index is 2.13. The third kappa shape index (κ3) is 6.76. The molecule has 0 bridgehead atoms. The molecule has 114 valence electrons. The molecule has 1 N–H and O–H groups in total. The van der Waals surface area contributed by atoms with Crippen LogP contribution < -0.4 is 5.32 Å². The smallest absolute Gasteiger partial charge is 0.0118 e. The lowest BCUT2D eigenvalue weighted by Crippen LogP contribution is -2.43. The molecule has 1 aliphatic carbocycles. The van der Waals surface area contributed by atoms with Crippen LogP contribution in [0.2, 0.25) is 0 Å². The summed E-state index contributed by atoms with van der Waals surface area (Å²) in [6, 6.07) is 1.49. The van der Waals surface area contributed by atoms with E-state index in [9.17, 15) is 0 Å². The molecule has 0 heterocycles. The standard InChI is InChI=1S/C17H36N2/c1-14(2)10-11-16(4)18-12-13-19(5)17-9-7-6-8-15(17)3/h14-18H,6-13H2,1-5H3. The molecule has 1 saturated carbocycles. The number of likely N-dealkylation sites (N-methyl/N-ethyl adjacent to an activating group) is 1. The van der Waals surface area contributed by atoms with Gasteiger partial charge in [-0.2, -0.15) is 0 Å². The lowest BCUT2D eigenvalue weighted by molar-refractivity contribution is 0.139. The Morgan fingerprint density at radius 2 is 1.79 bits per heavy atom. The molecule has 0 aromatic carbocycles. The normalized spacial score (nSPS) is 26.1. The number of hydrogen-bond donors (Lipinski definition) is 1. The van der Waals surface area contributed by atoms with Gasteiger partial charge < -0.3 is 10.2 Å². The van der Waals surface area contributed by atoms with Gasteiger partial charge in [-0.1, -0.05) is 33.6 Å². The molecule has 0 saturated heterocycles. The fraction of sp³-hybridized carbons (Fsp3) is 1.00. The molecular formula is C17H36N2. The number of rotatable bonds is 8. The molecule has 2 nitrogen and oxygen atoms in total. The predicted molar refractivity (Wildman–Crippen MR) is 85.6 cm³/mol. The highest BCUT2D eigenvalue weighted by Gasteiger charge is 2.24. The highest BCUT2D eigenvalue weighted by atomic mass is 15.1. The molecule has 1 aliphatic rings. The lowest BCUT2D eigenvalue weighted by atomic mass is 9.85. The summed E-state index contributed by atoms with van der Waals surface area (Å²) in [5.41, 5.74) is 0. The van der Waals surface area contributed by atoms with E-state index in [0.717, 1.165) is 24.4 Å². The third-order valence-corrected chi connectivity index (χ3v) is 4.77. The summed E-state index contributed by atoms with van der Waals surface area (Å²) < 4.78 is 0. The van der Waals surface area contributed by atoms with Gasteiger partial charge in [0.2, 0.25) is 0 Å². The monoisotopic (exact) mass is 268 g/mol. The minimum absolute atomic E-state index is 0.666. The Hall–Kier alpha value is -0.0800. The van der Waals surface area contributed by atoms with Gasteiger partial charge in [0.25, 0.3) is 0 Å². The first-order chi connectivity index (χ1) is 9.00. The topological polar surface area (TPSA) is 15.3 Å². The highest BCUT2D eigenvalue weighted by molar-refractivity contribution is 4.79. The predicted octanol–water partition coefficient (Wildman–Crippen LogP) is 3.91. The first-order valence-electron chi connectivity index (χ1n) is 8.44. The van der Waals surface area contributed by atoms with E-state index in [1.54, 1.807) is 0 Å². The number of nitrogens with one attached hydrogen (secondary N) is 1. The molecule has 0 aliphatic heterocycles. The zero-order valence-corrected chi connectivity index (χ0v) is 13.9. The van der Waals surface area contributed by atoms with Crippen LogP contribution in [0.1, 0.15) is 66.2 Å². The van der Waals surface area contributed by atoms with Crippen LogP contribution in [-0.2, 0) is 0 Å². The quantitative estimate of drug-likeness (QED) is 0.718. The van der Waals surface area contributed by atoms with Gasteiger partial charge >= 0.3 is 0 Å². The molecule has 0 aromatic rings. The summed E-state index contributed by atoms with van der Waals surface area (Å²) in [5.74, 6) is 1.71. The second-order valence-electron chi connectivity index (χ2n) is 7.14. The molecule has 0 amide bonds. The van der Waals surface area contributed by atoms with Gasteiger partial charge in [-0.3, -0.25) is 0 Å². The second-order valence-corrected chi connectivity index (χ2v) is 7.14. The maximum atomic E-state index is 3.68. The summed E-state index contributed by atoms with van der Waals surface area (Å²) in [6.07, 6.45) is 8.34. The molecule has 0 radical (unpaired) electrons. The van der Waals surface area contributed by atoms with E-state index in [2.05, 4.69) is 45.0 Å². The average molecular weight is 268 g/mol. The van der Waals surface area contributed by atoms with E-state index in [0.29, 0.717) is 6.04 Å². The zero-order chi connectivity index (χ0) is 14.3. The maximum Gasteiger partial charge on any atom is 0.0118 e. The molecule has 0 aromatic heterocycles. The molecular weight excluding hydrogens is 232 g/mol. The van der Waals surface area contributed by atoms with Crippen LogP contribution in [0, 0.1) is 11.8 Å². The number of hydrogen-bond acceptors (Lipinski definition) is 2. The Morgan fingerprint density at radius 3 is 2.42 bits per heavy atom. The summed E-state index contributed by atoms with van der Waals surface area (Å²) in [6.45, 7) is 11.7. The van der Waals surface area contributed by atoms with Crippen molar-refractivity contribution in [3.8, 4) is 0 Å². The first kappa shape index (κ1) is 17.0. The Kier molecular flexibility index (Phi) is 8.01. The van der Waals surface area contributed by atoms with Gasteiger partial charge in [0.1, 0.15) is 0 Å². The Morgan fingerprint density at radius 1 is 1.11 bits per heavy atom. The summed E-state index contributed by atoms with van der Waals surface area (Å²) in [4.78, 5) is 2.59. The SMILES string of the molecule is CC(C)CCC(C)NCCN(C)C1CCCCC1C. The van der Waals surface area contributed by atoms with E-state index in [4.69, 9.17) is 0 Å². The van der Waals surface area contributed by atoms with Crippen molar-refractivity contribution in [1.82, 2.24) is 10.2 Å². The average Bonchev–Trinajstić information content (AvgIpc) is 2.36. The molecule has 1 fully saturated rings. The Labute approximate surface area is 121 Å². The van der Waals surface area contributed by atoms with Crippen molar-refractivity contribution < 1.29 is 0 Å². The van der Waals surface area contributed by atoms with Crippen molar-refractivity contribution in [3.05, 3.63) is 0 Å². The van der Waals surface area contributed by atoms with Crippen molar-refractivity contribution in [1.29, 1.82) is 0 Å². The van der Waals surface area contributed by atoms with Gasteiger partial charge in [-0.25, -0.2) is 0 Å². The van der Waals surface area contributed by atoms with Gasteiger partial charge in [-0.15, -0.1) is 0 Å². The second kappa shape index (κ2) is 8.97. The molecule has 2 heteroatoms. The van der Waals surface area contributed by atoms with Gasteiger partial charge in [-0.05, 0) is 51.5 Å². The van der Waals surface area contributed by atoms with Crippen molar-refractivity contribution >= 4 is 0 Å². The van der Waals surface area contributed by atoms with E-state index >= 15 is 0 Å². The summed E-state index contributed by atoms with van der Waals surface area (Å²) >= 11 is 0. The van der Waals surface area contributed by atoms with E-state index in [1.165, 1.54) is 45.1 Å². The Bertz CT molecular complexity index is 227. The van der Waals surface area contributed by atoms with Crippen LogP contribution in [0.25, 0.3) is 0 Å². The third-order valence-electron chi connectivity index (χ3n) is 4.77. The zero-order valence-electron chi connectivity index (χ0n) is 13.9.